The van der Waals surface area contributed by atoms with E-state index < -0.39 is 0 Å². The van der Waals surface area contributed by atoms with Crippen LogP contribution in [-0.2, 0) is 0 Å². The molecule has 1 aliphatic rings. The fraction of sp³-hybridized carbons (Fsp3) is 0.263. The van der Waals surface area contributed by atoms with Gasteiger partial charge in [-0.15, -0.1) is 0 Å². The predicted molar refractivity (Wildman–Crippen MR) is 97.2 cm³/mol. The number of likely N-dealkylation sites (tertiary alicyclic amines) is 1. The van der Waals surface area contributed by atoms with Crippen LogP contribution >= 0.6 is 0 Å². The number of methoxy groups -OCH3 is 1. The van der Waals surface area contributed by atoms with Crippen LogP contribution < -0.4 is 15.4 Å². The molecule has 0 atom stereocenters. The van der Waals surface area contributed by atoms with E-state index >= 15 is 0 Å². The molecule has 6 nitrogen and oxygen atoms in total. The normalized spacial score (nSPS) is 13.4. The Morgan fingerprint density at radius 3 is 2.24 bits per heavy atom. The highest BCUT2D eigenvalue weighted by Crippen LogP contribution is 2.18. The smallest absolute Gasteiger partial charge is 0.321 e. The first-order valence-electron chi connectivity index (χ1n) is 8.27. The molecule has 2 aromatic rings. The second kappa shape index (κ2) is 7.70. The van der Waals surface area contributed by atoms with Crippen LogP contribution in [-0.4, -0.2) is 37.0 Å². The van der Waals surface area contributed by atoms with Crippen molar-refractivity contribution in [3.8, 4) is 5.75 Å². The second-order valence-electron chi connectivity index (χ2n) is 5.89. The molecule has 1 aliphatic heterocycles. The molecule has 1 saturated heterocycles. The first-order valence-corrected chi connectivity index (χ1v) is 8.27. The molecule has 0 aromatic heterocycles. The molecular formula is C19H21N3O3. The lowest BCUT2D eigenvalue weighted by Crippen LogP contribution is -2.32. The molecule has 0 spiro atoms. The number of hydrogen-bond donors (Lipinski definition) is 2. The van der Waals surface area contributed by atoms with Crippen LogP contribution in [0.2, 0.25) is 0 Å². The van der Waals surface area contributed by atoms with Crippen molar-refractivity contribution >= 4 is 23.3 Å². The van der Waals surface area contributed by atoms with Gasteiger partial charge in [0.15, 0.2) is 0 Å². The molecule has 3 amide bonds. The van der Waals surface area contributed by atoms with Crippen molar-refractivity contribution in [3.05, 3.63) is 54.1 Å². The Kier molecular flexibility index (Phi) is 5.18. The quantitative estimate of drug-likeness (QED) is 0.894. The number of amides is 3. The van der Waals surface area contributed by atoms with Crippen LogP contribution in [0.1, 0.15) is 23.2 Å². The third kappa shape index (κ3) is 4.29. The molecule has 1 heterocycles. The van der Waals surface area contributed by atoms with Crippen LogP contribution in [0.5, 0.6) is 5.75 Å². The number of nitrogens with zero attached hydrogens (tertiary/aromatic N) is 1. The van der Waals surface area contributed by atoms with Crippen molar-refractivity contribution in [2.75, 3.05) is 30.8 Å². The molecular weight excluding hydrogens is 318 g/mol. The molecule has 0 saturated carbocycles. The average Bonchev–Trinajstić information content (AvgIpc) is 3.17. The van der Waals surface area contributed by atoms with E-state index in [1.807, 2.05) is 0 Å². The van der Waals surface area contributed by atoms with Crippen LogP contribution in [0.15, 0.2) is 48.5 Å². The summed E-state index contributed by atoms with van der Waals surface area (Å²) in [5.41, 5.74) is 1.82. The number of nitrogens with one attached hydrogen (secondary N) is 2. The van der Waals surface area contributed by atoms with E-state index in [4.69, 9.17) is 4.74 Å². The Bertz CT molecular complexity index is 753. The summed E-state index contributed by atoms with van der Waals surface area (Å²) < 4.78 is 5.09. The SMILES string of the molecule is COc1ccc(C(=O)Nc2cccc(NC(=O)N3CCCC3)c2)cc1. The minimum atomic E-state index is -0.217. The Morgan fingerprint density at radius 2 is 1.60 bits per heavy atom. The zero-order chi connectivity index (χ0) is 17.6. The fourth-order valence-corrected chi connectivity index (χ4v) is 2.74. The minimum absolute atomic E-state index is 0.101. The number of carbonyl (C=O) groups is 2. The summed E-state index contributed by atoms with van der Waals surface area (Å²) in [6.45, 7) is 1.58. The van der Waals surface area contributed by atoms with Crippen LogP contribution in [0.4, 0.5) is 16.2 Å². The number of urea groups is 1. The molecule has 25 heavy (non-hydrogen) atoms. The minimum Gasteiger partial charge on any atom is -0.497 e. The highest BCUT2D eigenvalue weighted by Gasteiger charge is 2.17. The highest BCUT2D eigenvalue weighted by atomic mass is 16.5. The number of rotatable bonds is 4. The highest BCUT2D eigenvalue weighted by molar-refractivity contribution is 6.04. The van der Waals surface area contributed by atoms with Crippen LogP contribution in [0, 0.1) is 0 Å². The van der Waals surface area contributed by atoms with Crippen molar-refractivity contribution in [1.82, 2.24) is 4.90 Å². The molecule has 0 aliphatic carbocycles. The lowest BCUT2D eigenvalue weighted by atomic mass is 10.2. The maximum Gasteiger partial charge on any atom is 0.321 e. The standard InChI is InChI=1S/C19H21N3O3/c1-25-17-9-7-14(8-10-17)18(23)20-15-5-4-6-16(13-15)21-19(24)22-11-2-3-12-22/h4-10,13H,2-3,11-12H2,1H3,(H,20,23)(H,21,24). The number of carbonyl (C=O) groups excluding carboxylic acids is 2. The van der Waals surface area contributed by atoms with E-state index in [2.05, 4.69) is 10.6 Å². The van der Waals surface area contributed by atoms with Gasteiger partial charge in [-0.3, -0.25) is 4.79 Å². The van der Waals surface area contributed by atoms with Crippen molar-refractivity contribution in [1.29, 1.82) is 0 Å². The Hall–Kier alpha value is -3.02. The van der Waals surface area contributed by atoms with E-state index in [0.29, 0.717) is 22.7 Å². The first-order chi connectivity index (χ1) is 12.2. The molecule has 2 aromatic carbocycles. The number of ether oxygens (including phenoxy) is 1. The third-order valence-corrected chi connectivity index (χ3v) is 4.12. The fourth-order valence-electron chi connectivity index (χ4n) is 2.74. The van der Waals surface area contributed by atoms with Gasteiger partial charge in [-0.25, -0.2) is 4.79 Å². The Labute approximate surface area is 146 Å². The molecule has 0 unspecified atom stereocenters. The largest absolute Gasteiger partial charge is 0.497 e. The predicted octanol–water partition coefficient (Wildman–Crippen LogP) is 3.58. The van der Waals surface area contributed by atoms with Gasteiger partial charge in [0.1, 0.15) is 5.75 Å². The third-order valence-electron chi connectivity index (χ3n) is 4.12. The lowest BCUT2D eigenvalue weighted by Gasteiger charge is -2.16. The zero-order valence-electron chi connectivity index (χ0n) is 14.1. The van der Waals surface area contributed by atoms with Gasteiger partial charge in [-0.05, 0) is 55.3 Å². The lowest BCUT2D eigenvalue weighted by molar-refractivity contribution is 0.102. The van der Waals surface area contributed by atoms with Gasteiger partial charge in [0.05, 0.1) is 7.11 Å². The van der Waals surface area contributed by atoms with Crippen LogP contribution in [0.3, 0.4) is 0 Å². The first kappa shape index (κ1) is 16.8. The maximum atomic E-state index is 12.3. The summed E-state index contributed by atoms with van der Waals surface area (Å²) in [4.78, 5) is 26.2. The van der Waals surface area contributed by atoms with Crippen molar-refractivity contribution in [2.45, 2.75) is 12.8 Å². The molecule has 3 rings (SSSR count). The monoisotopic (exact) mass is 339 g/mol. The molecule has 6 heteroatoms. The van der Waals surface area contributed by atoms with Crippen molar-refractivity contribution in [3.63, 3.8) is 0 Å². The van der Waals surface area contributed by atoms with Crippen LogP contribution in [0.25, 0.3) is 0 Å². The number of hydrogen-bond acceptors (Lipinski definition) is 3. The number of anilines is 2. The number of benzene rings is 2. The maximum absolute atomic E-state index is 12.3. The van der Waals surface area contributed by atoms with E-state index in [1.54, 1.807) is 60.5 Å². The molecule has 0 radical (unpaired) electrons. The van der Waals surface area contributed by atoms with Gasteiger partial charge in [0.25, 0.3) is 5.91 Å². The molecule has 1 fully saturated rings. The average molecular weight is 339 g/mol. The summed E-state index contributed by atoms with van der Waals surface area (Å²) in [6.07, 6.45) is 2.09. The van der Waals surface area contributed by atoms with Gasteiger partial charge in [-0.1, -0.05) is 6.07 Å². The van der Waals surface area contributed by atoms with Gasteiger partial charge in [-0.2, -0.15) is 0 Å². The molecule has 130 valence electrons. The van der Waals surface area contributed by atoms with Crippen molar-refractivity contribution < 1.29 is 14.3 Å². The Balaban J connectivity index is 1.64. The van der Waals surface area contributed by atoms with Gasteiger partial charge in [0, 0.05) is 30.0 Å². The second-order valence-corrected chi connectivity index (χ2v) is 5.89. The van der Waals surface area contributed by atoms with E-state index in [0.717, 1.165) is 25.9 Å². The topological polar surface area (TPSA) is 70.7 Å². The summed E-state index contributed by atoms with van der Waals surface area (Å²) in [5, 5.41) is 5.71. The van der Waals surface area contributed by atoms with E-state index in [1.165, 1.54) is 0 Å². The molecule has 0 bridgehead atoms. The summed E-state index contributed by atoms with van der Waals surface area (Å²) >= 11 is 0. The van der Waals surface area contributed by atoms with E-state index in [-0.39, 0.29) is 11.9 Å². The molecule has 2 N–H and O–H groups in total. The Morgan fingerprint density at radius 1 is 0.960 bits per heavy atom. The zero-order valence-corrected chi connectivity index (χ0v) is 14.1. The van der Waals surface area contributed by atoms with Crippen molar-refractivity contribution in [2.24, 2.45) is 0 Å². The van der Waals surface area contributed by atoms with Gasteiger partial charge in [0.2, 0.25) is 0 Å². The summed E-state index contributed by atoms with van der Waals surface area (Å²) in [5.74, 6) is 0.480. The summed E-state index contributed by atoms with van der Waals surface area (Å²) in [7, 11) is 1.58. The van der Waals surface area contributed by atoms with Gasteiger partial charge >= 0.3 is 6.03 Å². The van der Waals surface area contributed by atoms with E-state index in [9.17, 15) is 9.59 Å². The van der Waals surface area contributed by atoms with Gasteiger partial charge < -0.3 is 20.3 Å². The summed E-state index contributed by atoms with van der Waals surface area (Å²) in [6, 6.07) is 13.9.